The van der Waals surface area contributed by atoms with Gasteiger partial charge in [0.1, 0.15) is 0 Å². The van der Waals surface area contributed by atoms with E-state index in [1.54, 1.807) is 55.6 Å². The van der Waals surface area contributed by atoms with Crippen LogP contribution in [0.1, 0.15) is 29.3 Å². The summed E-state index contributed by atoms with van der Waals surface area (Å²) in [7, 11) is 2.95. The second-order valence-corrected chi connectivity index (χ2v) is 9.27. The van der Waals surface area contributed by atoms with Crippen molar-refractivity contribution >= 4 is 34.6 Å². The number of nitrogens with one attached hydrogen (secondary N) is 3. The molecule has 1 aliphatic heterocycles. The van der Waals surface area contributed by atoms with E-state index >= 15 is 0 Å². The Morgan fingerprint density at radius 1 is 1.03 bits per heavy atom. The SMILES string of the molecule is COc1cc(-c2ccc3c(c2)Nc2ccc(CC(=O)N[C@@H](CO)CC(C)OC)cc2NC3=O)ccc1[N+](=O)[O-]. The maximum Gasteiger partial charge on any atom is 0.310 e. The summed E-state index contributed by atoms with van der Waals surface area (Å²) in [6.45, 7) is 1.66. The topological polar surface area (TPSA) is 152 Å². The standard InChI is InChI=1S/C28H30N4O7/c1-16(38-2)10-20(15-33)29-27(34)12-17-4-8-22-24(11-17)31-28(35)21-7-5-18(13-23(21)30-22)19-6-9-25(32(36)37)26(14-19)39-3/h4-9,11,13-14,16,20,30,33H,10,12,15H2,1-3H3,(H,29,34)(H,31,35)/t16?,20-/m1/s1. The quantitative estimate of drug-likeness (QED) is 0.225. The molecule has 4 rings (SSSR count). The van der Waals surface area contributed by atoms with Crippen molar-refractivity contribution in [2.75, 3.05) is 31.5 Å². The number of carbonyl (C=O) groups excluding carboxylic acids is 2. The lowest BCUT2D eigenvalue weighted by Crippen LogP contribution is -2.40. The maximum absolute atomic E-state index is 13.0. The number of nitro groups is 1. The van der Waals surface area contributed by atoms with Crippen LogP contribution in [0.5, 0.6) is 5.75 Å². The Kier molecular flexibility index (Phi) is 8.43. The third-order valence-electron chi connectivity index (χ3n) is 6.54. The summed E-state index contributed by atoms with van der Waals surface area (Å²) in [5.41, 5.74) is 4.12. The van der Waals surface area contributed by atoms with E-state index < -0.39 is 11.0 Å². The number of aliphatic hydroxyl groups is 1. The number of methoxy groups -OCH3 is 2. The lowest BCUT2D eigenvalue weighted by atomic mass is 10.0. The van der Waals surface area contributed by atoms with Crippen molar-refractivity contribution < 1.29 is 29.1 Å². The molecule has 0 aromatic heterocycles. The van der Waals surface area contributed by atoms with Crippen molar-refractivity contribution in [2.45, 2.75) is 31.9 Å². The highest BCUT2D eigenvalue weighted by Crippen LogP contribution is 2.37. The number of hydrogen-bond donors (Lipinski definition) is 4. The Morgan fingerprint density at radius 2 is 1.77 bits per heavy atom. The predicted octanol–water partition coefficient (Wildman–Crippen LogP) is 4.02. The summed E-state index contributed by atoms with van der Waals surface area (Å²) in [6, 6.07) is 14.7. The van der Waals surface area contributed by atoms with E-state index in [2.05, 4.69) is 16.0 Å². The third-order valence-corrected chi connectivity index (χ3v) is 6.54. The first-order valence-corrected chi connectivity index (χ1v) is 12.3. The van der Waals surface area contributed by atoms with E-state index in [1.807, 2.05) is 6.92 Å². The number of amides is 2. The average Bonchev–Trinajstić information content (AvgIpc) is 3.06. The van der Waals surface area contributed by atoms with Crippen molar-refractivity contribution in [1.29, 1.82) is 0 Å². The minimum absolute atomic E-state index is 0.0695. The van der Waals surface area contributed by atoms with E-state index in [9.17, 15) is 24.8 Å². The highest BCUT2D eigenvalue weighted by Gasteiger charge is 2.22. The number of aliphatic hydroxyl groups excluding tert-OH is 1. The zero-order valence-electron chi connectivity index (χ0n) is 21.8. The molecule has 1 aliphatic rings. The summed E-state index contributed by atoms with van der Waals surface area (Å²) in [5, 5.41) is 29.8. The second kappa shape index (κ2) is 11.9. The smallest absolute Gasteiger partial charge is 0.310 e. The van der Waals surface area contributed by atoms with Crippen LogP contribution in [0, 0.1) is 10.1 Å². The van der Waals surface area contributed by atoms with Crippen molar-refractivity contribution in [2.24, 2.45) is 0 Å². The Hall–Kier alpha value is -4.48. The molecular weight excluding hydrogens is 504 g/mol. The number of nitro benzene ring substituents is 1. The van der Waals surface area contributed by atoms with E-state index in [0.29, 0.717) is 40.2 Å². The Balaban J connectivity index is 1.54. The molecule has 0 saturated carbocycles. The van der Waals surface area contributed by atoms with Crippen LogP contribution in [0.3, 0.4) is 0 Å². The molecule has 3 aromatic rings. The number of rotatable bonds is 10. The third kappa shape index (κ3) is 6.33. The molecule has 204 valence electrons. The lowest BCUT2D eigenvalue weighted by molar-refractivity contribution is -0.385. The second-order valence-electron chi connectivity index (χ2n) is 9.27. The highest BCUT2D eigenvalue weighted by molar-refractivity contribution is 6.12. The van der Waals surface area contributed by atoms with Gasteiger partial charge in [0, 0.05) is 13.2 Å². The first kappa shape index (κ1) is 27.6. The van der Waals surface area contributed by atoms with Gasteiger partial charge in [-0.2, -0.15) is 0 Å². The molecule has 3 aromatic carbocycles. The molecular formula is C28H30N4O7. The number of benzene rings is 3. The van der Waals surface area contributed by atoms with Crippen LogP contribution in [-0.2, 0) is 16.0 Å². The average molecular weight is 535 g/mol. The van der Waals surface area contributed by atoms with Gasteiger partial charge in [0.15, 0.2) is 5.75 Å². The predicted molar refractivity (Wildman–Crippen MR) is 147 cm³/mol. The minimum atomic E-state index is -0.507. The maximum atomic E-state index is 13.0. The molecule has 11 heteroatoms. The van der Waals surface area contributed by atoms with Crippen LogP contribution < -0.4 is 20.7 Å². The minimum Gasteiger partial charge on any atom is -0.490 e. The van der Waals surface area contributed by atoms with Crippen molar-refractivity contribution in [1.82, 2.24) is 5.32 Å². The van der Waals surface area contributed by atoms with Crippen molar-refractivity contribution in [3.63, 3.8) is 0 Å². The molecule has 1 heterocycles. The monoisotopic (exact) mass is 534 g/mol. The van der Waals surface area contributed by atoms with Gasteiger partial charge in [0.05, 0.1) is 59.8 Å². The molecule has 39 heavy (non-hydrogen) atoms. The number of carbonyl (C=O) groups is 2. The molecule has 0 saturated heterocycles. The molecule has 2 amide bonds. The van der Waals surface area contributed by atoms with Gasteiger partial charge in [0.2, 0.25) is 5.91 Å². The first-order valence-electron chi connectivity index (χ1n) is 12.3. The lowest BCUT2D eigenvalue weighted by Gasteiger charge is -2.20. The summed E-state index contributed by atoms with van der Waals surface area (Å²) < 4.78 is 10.4. The van der Waals surface area contributed by atoms with E-state index in [0.717, 1.165) is 5.56 Å². The van der Waals surface area contributed by atoms with E-state index in [4.69, 9.17) is 9.47 Å². The molecule has 0 fully saturated rings. The van der Waals surface area contributed by atoms with Gasteiger partial charge in [-0.05, 0) is 66.4 Å². The Labute approximate surface area is 225 Å². The molecule has 1 unspecified atom stereocenters. The van der Waals surface area contributed by atoms with Crippen LogP contribution >= 0.6 is 0 Å². The highest BCUT2D eigenvalue weighted by atomic mass is 16.6. The van der Waals surface area contributed by atoms with Gasteiger partial charge >= 0.3 is 5.69 Å². The van der Waals surface area contributed by atoms with E-state index in [1.165, 1.54) is 13.2 Å². The largest absolute Gasteiger partial charge is 0.490 e. The van der Waals surface area contributed by atoms with Gasteiger partial charge in [-0.3, -0.25) is 19.7 Å². The van der Waals surface area contributed by atoms with Gasteiger partial charge in [0.25, 0.3) is 5.91 Å². The van der Waals surface area contributed by atoms with Gasteiger partial charge in [-0.1, -0.05) is 12.1 Å². The number of fused-ring (bicyclic) bond motifs is 2. The number of hydrogen-bond acceptors (Lipinski definition) is 8. The molecule has 4 N–H and O–H groups in total. The van der Waals surface area contributed by atoms with E-state index in [-0.39, 0.29) is 42.4 Å². The van der Waals surface area contributed by atoms with Gasteiger partial charge < -0.3 is 30.5 Å². The molecule has 0 aliphatic carbocycles. The van der Waals surface area contributed by atoms with Crippen LogP contribution in [0.4, 0.5) is 22.7 Å². The molecule has 0 radical (unpaired) electrons. The number of nitrogens with zero attached hydrogens (tertiary/aromatic N) is 1. The van der Waals surface area contributed by atoms with Gasteiger partial charge in [-0.25, -0.2) is 0 Å². The fourth-order valence-electron chi connectivity index (χ4n) is 4.42. The molecule has 2 atom stereocenters. The summed E-state index contributed by atoms with van der Waals surface area (Å²) >= 11 is 0. The molecule has 0 spiro atoms. The normalized spacial score (nSPS) is 13.6. The van der Waals surface area contributed by atoms with Crippen molar-refractivity contribution in [3.05, 3.63) is 75.8 Å². The summed E-state index contributed by atoms with van der Waals surface area (Å²) in [6.07, 6.45) is 0.441. The van der Waals surface area contributed by atoms with Crippen LogP contribution in [0.25, 0.3) is 11.1 Å². The Morgan fingerprint density at radius 3 is 2.46 bits per heavy atom. The zero-order valence-corrected chi connectivity index (χ0v) is 21.8. The van der Waals surface area contributed by atoms with Gasteiger partial charge in [-0.15, -0.1) is 0 Å². The molecule has 0 bridgehead atoms. The first-order chi connectivity index (χ1) is 18.7. The van der Waals surface area contributed by atoms with Crippen LogP contribution in [0.2, 0.25) is 0 Å². The summed E-state index contributed by atoms with van der Waals surface area (Å²) in [4.78, 5) is 36.3. The zero-order chi connectivity index (χ0) is 28.1. The summed E-state index contributed by atoms with van der Waals surface area (Å²) in [5.74, 6) is -0.435. The Bertz CT molecular complexity index is 1410. The van der Waals surface area contributed by atoms with Crippen LogP contribution in [0.15, 0.2) is 54.6 Å². The van der Waals surface area contributed by atoms with Crippen LogP contribution in [-0.4, -0.2) is 54.8 Å². The molecule has 11 nitrogen and oxygen atoms in total. The number of ether oxygens (including phenoxy) is 2. The fourth-order valence-corrected chi connectivity index (χ4v) is 4.42. The number of anilines is 3. The fraction of sp³-hybridized carbons (Fsp3) is 0.286. The van der Waals surface area contributed by atoms with Crippen molar-refractivity contribution in [3.8, 4) is 16.9 Å².